The highest BCUT2D eigenvalue weighted by atomic mass is 32.2. The third kappa shape index (κ3) is 2.64. The van der Waals surface area contributed by atoms with Gasteiger partial charge in [0, 0.05) is 11.1 Å². The van der Waals surface area contributed by atoms with Crippen LogP contribution in [0, 0.1) is 0 Å². The summed E-state index contributed by atoms with van der Waals surface area (Å²) in [4.78, 5) is 9.03. The zero-order chi connectivity index (χ0) is 11.4. The molecule has 0 atom stereocenters. The fourth-order valence-electron chi connectivity index (χ4n) is 1.18. The van der Waals surface area contributed by atoms with Crippen LogP contribution in [0.3, 0.4) is 0 Å². The molecule has 82 valence electrons. The van der Waals surface area contributed by atoms with Gasteiger partial charge in [0.05, 0.1) is 7.11 Å². The Kier molecular flexibility index (Phi) is 3.26. The topological polar surface area (TPSA) is 61.0 Å². The molecule has 0 aliphatic carbocycles. The van der Waals surface area contributed by atoms with Gasteiger partial charge in [-0.3, -0.25) is 0 Å². The smallest absolute Gasteiger partial charge is 0.221 e. The Morgan fingerprint density at radius 1 is 1.19 bits per heavy atom. The molecule has 0 aliphatic heterocycles. The maximum absolute atomic E-state index is 5.50. The minimum absolute atomic E-state index is 0.290. The largest absolute Gasteiger partial charge is 0.497 e. The lowest BCUT2D eigenvalue weighted by Gasteiger charge is -2.02. The second kappa shape index (κ2) is 4.85. The lowest BCUT2D eigenvalue weighted by atomic mass is 10.3. The molecule has 0 aliphatic rings. The molecule has 0 amide bonds. The molecule has 0 spiro atoms. The molecule has 0 saturated heterocycles. The summed E-state index contributed by atoms with van der Waals surface area (Å²) in [6, 6.07) is 9.59. The Labute approximate surface area is 97.9 Å². The van der Waals surface area contributed by atoms with Gasteiger partial charge in [-0.15, -0.1) is 0 Å². The minimum atomic E-state index is 0.290. The SMILES string of the molecule is COc1ccc(Sc2ccnc(N)n2)cc1. The molecule has 2 aromatic rings. The number of hydrogen-bond donors (Lipinski definition) is 1. The van der Waals surface area contributed by atoms with Crippen LogP contribution in [0.2, 0.25) is 0 Å². The number of benzene rings is 1. The van der Waals surface area contributed by atoms with Crippen LogP contribution in [0.4, 0.5) is 5.95 Å². The standard InChI is InChI=1S/C11H11N3OS/c1-15-8-2-4-9(5-3-8)16-10-6-7-13-11(12)14-10/h2-7H,1H3,(H2,12,13,14). The normalized spacial score (nSPS) is 10.1. The molecular formula is C11H11N3OS. The number of methoxy groups -OCH3 is 1. The van der Waals surface area contributed by atoms with Crippen molar-refractivity contribution in [3.63, 3.8) is 0 Å². The number of nitrogens with two attached hydrogens (primary N) is 1. The van der Waals surface area contributed by atoms with Crippen LogP contribution in [0.25, 0.3) is 0 Å². The van der Waals surface area contributed by atoms with Crippen LogP contribution in [-0.2, 0) is 0 Å². The van der Waals surface area contributed by atoms with Crippen LogP contribution in [0.1, 0.15) is 0 Å². The number of aromatic nitrogens is 2. The molecule has 0 bridgehead atoms. The molecular weight excluding hydrogens is 222 g/mol. The highest BCUT2D eigenvalue weighted by Crippen LogP contribution is 2.27. The van der Waals surface area contributed by atoms with Crippen molar-refractivity contribution in [1.29, 1.82) is 0 Å². The Morgan fingerprint density at radius 3 is 2.56 bits per heavy atom. The van der Waals surface area contributed by atoms with Crippen molar-refractivity contribution >= 4 is 17.7 Å². The van der Waals surface area contributed by atoms with Crippen LogP contribution < -0.4 is 10.5 Å². The summed E-state index contributed by atoms with van der Waals surface area (Å²) in [5.41, 5.74) is 5.50. The monoisotopic (exact) mass is 233 g/mol. The average Bonchev–Trinajstić information content (AvgIpc) is 2.30. The molecule has 1 aromatic carbocycles. The van der Waals surface area contributed by atoms with E-state index >= 15 is 0 Å². The predicted molar refractivity (Wildman–Crippen MR) is 63.6 cm³/mol. The number of rotatable bonds is 3. The summed E-state index contributed by atoms with van der Waals surface area (Å²) >= 11 is 1.53. The highest BCUT2D eigenvalue weighted by molar-refractivity contribution is 7.99. The molecule has 1 heterocycles. The summed E-state index contributed by atoms with van der Waals surface area (Å²) in [5, 5.41) is 0.831. The molecule has 5 heteroatoms. The minimum Gasteiger partial charge on any atom is -0.497 e. The van der Waals surface area contributed by atoms with Crippen molar-refractivity contribution in [2.24, 2.45) is 0 Å². The first-order valence-corrected chi connectivity index (χ1v) is 5.50. The third-order valence-electron chi connectivity index (χ3n) is 1.93. The van der Waals surface area contributed by atoms with Gasteiger partial charge in [-0.25, -0.2) is 9.97 Å². The van der Waals surface area contributed by atoms with E-state index in [1.807, 2.05) is 30.3 Å². The van der Waals surface area contributed by atoms with E-state index in [0.29, 0.717) is 5.95 Å². The molecule has 2 rings (SSSR count). The van der Waals surface area contributed by atoms with E-state index in [1.54, 1.807) is 13.3 Å². The van der Waals surface area contributed by atoms with Gasteiger partial charge in [0.15, 0.2) is 0 Å². The molecule has 4 nitrogen and oxygen atoms in total. The molecule has 2 N–H and O–H groups in total. The molecule has 0 fully saturated rings. The van der Waals surface area contributed by atoms with E-state index in [2.05, 4.69) is 9.97 Å². The van der Waals surface area contributed by atoms with E-state index in [9.17, 15) is 0 Å². The zero-order valence-electron chi connectivity index (χ0n) is 8.75. The van der Waals surface area contributed by atoms with E-state index in [0.717, 1.165) is 15.7 Å². The highest BCUT2D eigenvalue weighted by Gasteiger charge is 2.00. The number of anilines is 1. The van der Waals surface area contributed by atoms with Gasteiger partial charge in [0.1, 0.15) is 10.8 Å². The molecule has 0 unspecified atom stereocenters. The first-order valence-electron chi connectivity index (χ1n) is 4.68. The Hall–Kier alpha value is -1.75. The maximum atomic E-state index is 5.50. The number of ether oxygens (including phenoxy) is 1. The molecule has 16 heavy (non-hydrogen) atoms. The summed E-state index contributed by atoms with van der Waals surface area (Å²) in [5.74, 6) is 1.13. The van der Waals surface area contributed by atoms with Crippen molar-refractivity contribution in [3.05, 3.63) is 36.5 Å². The van der Waals surface area contributed by atoms with Crippen molar-refractivity contribution in [2.75, 3.05) is 12.8 Å². The average molecular weight is 233 g/mol. The van der Waals surface area contributed by atoms with E-state index in [1.165, 1.54) is 11.8 Å². The van der Waals surface area contributed by atoms with Gasteiger partial charge in [0.25, 0.3) is 0 Å². The van der Waals surface area contributed by atoms with Gasteiger partial charge >= 0.3 is 0 Å². The Bertz CT molecular complexity index is 473. The maximum Gasteiger partial charge on any atom is 0.221 e. The van der Waals surface area contributed by atoms with Gasteiger partial charge in [-0.05, 0) is 30.3 Å². The lowest BCUT2D eigenvalue weighted by Crippen LogP contribution is -1.93. The van der Waals surface area contributed by atoms with Crippen LogP contribution in [0.15, 0.2) is 46.5 Å². The van der Waals surface area contributed by atoms with Crippen molar-refractivity contribution in [1.82, 2.24) is 9.97 Å². The number of nitrogen functional groups attached to an aromatic ring is 1. The predicted octanol–water partition coefficient (Wildman–Crippen LogP) is 2.22. The number of hydrogen-bond acceptors (Lipinski definition) is 5. The van der Waals surface area contributed by atoms with Gasteiger partial charge < -0.3 is 10.5 Å². The van der Waals surface area contributed by atoms with Crippen LogP contribution >= 0.6 is 11.8 Å². The second-order valence-corrected chi connectivity index (χ2v) is 4.12. The summed E-state index contributed by atoms with van der Waals surface area (Å²) < 4.78 is 5.08. The summed E-state index contributed by atoms with van der Waals surface area (Å²) in [6.45, 7) is 0. The van der Waals surface area contributed by atoms with Gasteiger partial charge in [-0.1, -0.05) is 11.8 Å². The third-order valence-corrected chi connectivity index (χ3v) is 2.87. The fourth-order valence-corrected chi connectivity index (χ4v) is 1.96. The van der Waals surface area contributed by atoms with Gasteiger partial charge in [-0.2, -0.15) is 0 Å². The summed E-state index contributed by atoms with van der Waals surface area (Å²) in [6.07, 6.45) is 1.65. The van der Waals surface area contributed by atoms with Crippen LogP contribution in [0.5, 0.6) is 5.75 Å². The van der Waals surface area contributed by atoms with Crippen LogP contribution in [-0.4, -0.2) is 17.1 Å². The second-order valence-electron chi connectivity index (χ2n) is 3.03. The lowest BCUT2D eigenvalue weighted by molar-refractivity contribution is 0.414. The summed E-state index contributed by atoms with van der Waals surface area (Å²) in [7, 11) is 1.65. The van der Waals surface area contributed by atoms with Crippen molar-refractivity contribution < 1.29 is 4.74 Å². The molecule has 1 aromatic heterocycles. The molecule has 0 radical (unpaired) electrons. The Balaban J connectivity index is 2.14. The first-order chi connectivity index (χ1) is 7.78. The quantitative estimate of drug-likeness (QED) is 0.824. The molecule has 0 saturated carbocycles. The van der Waals surface area contributed by atoms with Crippen molar-refractivity contribution in [2.45, 2.75) is 9.92 Å². The first kappa shape index (κ1) is 10.8. The zero-order valence-corrected chi connectivity index (χ0v) is 9.57. The number of nitrogens with zero attached hydrogens (tertiary/aromatic N) is 2. The van der Waals surface area contributed by atoms with Crippen molar-refractivity contribution in [3.8, 4) is 5.75 Å². The fraction of sp³-hybridized carbons (Fsp3) is 0.0909. The van der Waals surface area contributed by atoms with E-state index < -0.39 is 0 Å². The van der Waals surface area contributed by atoms with Gasteiger partial charge in [0.2, 0.25) is 5.95 Å². The van der Waals surface area contributed by atoms with E-state index in [-0.39, 0.29) is 0 Å². The van der Waals surface area contributed by atoms with E-state index in [4.69, 9.17) is 10.5 Å². The Morgan fingerprint density at radius 2 is 1.94 bits per heavy atom.